The maximum absolute atomic E-state index is 13.0. The number of halogens is 3. The highest BCUT2D eigenvalue weighted by atomic mass is 19.1. The molecule has 0 aliphatic carbocycles. The Morgan fingerprint density at radius 2 is 1.79 bits per heavy atom. The van der Waals surface area contributed by atoms with Gasteiger partial charge in [0.2, 0.25) is 0 Å². The number of benzene rings is 1. The van der Waals surface area contributed by atoms with Crippen LogP contribution in [0.4, 0.5) is 18.9 Å². The molecule has 1 atom stereocenters. The van der Waals surface area contributed by atoms with Crippen molar-refractivity contribution < 1.29 is 13.2 Å². The molecule has 14 heavy (non-hydrogen) atoms. The molecule has 5 heteroatoms. The van der Waals surface area contributed by atoms with Crippen LogP contribution in [0.2, 0.25) is 0 Å². The molecule has 2 nitrogen and oxygen atoms in total. The molecule has 3 N–H and O–H groups in total. The predicted octanol–water partition coefficient (Wildman–Crippen LogP) is 1.86. The molecule has 0 aliphatic rings. The van der Waals surface area contributed by atoms with Gasteiger partial charge in [0.15, 0.2) is 11.6 Å². The van der Waals surface area contributed by atoms with Gasteiger partial charge in [0, 0.05) is 24.7 Å². The Kier molecular flexibility index (Phi) is 3.35. The molecule has 0 spiro atoms. The summed E-state index contributed by atoms with van der Waals surface area (Å²) in [6.45, 7) is 1.90. The molecule has 0 saturated heterocycles. The summed E-state index contributed by atoms with van der Waals surface area (Å²) >= 11 is 0. The van der Waals surface area contributed by atoms with Crippen molar-refractivity contribution in [3.63, 3.8) is 0 Å². The molecular formula is C9H11F3N2. The summed E-state index contributed by atoms with van der Waals surface area (Å²) < 4.78 is 38.5. The highest BCUT2D eigenvalue weighted by molar-refractivity contribution is 5.47. The fourth-order valence-electron chi connectivity index (χ4n) is 0.985. The first-order valence-electron chi connectivity index (χ1n) is 4.15. The minimum atomic E-state index is -0.956. The SMILES string of the molecule is CC(CN)Nc1c(F)cc(F)cc1F. The van der Waals surface area contributed by atoms with Crippen LogP contribution in [-0.2, 0) is 0 Å². The van der Waals surface area contributed by atoms with Crippen LogP contribution in [0.25, 0.3) is 0 Å². The van der Waals surface area contributed by atoms with E-state index in [1.165, 1.54) is 0 Å². The van der Waals surface area contributed by atoms with Crippen molar-refractivity contribution in [2.24, 2.45) is 5.73 Å². The molecule has 0 amide bonds. The number of hydrogen-bond acceptors (Lipinski definition) is 2. The first-order chi connectivity index (χ1) is 6.54. The van der Waals surface area contributed by atoms with Crippen molar-refractivity contribution >= 4 is 5.69 Å². The summed E-state index contributed by atoms with van der Waals surface area (Å²) in [6, 6.07) is 0.966. The lowest BCUT2D eigenvalue weighted by Crippen LogP contribution is -2.26. The zero-order valence-corrected chi connectivity index (χ0v) is 7.65. The van der Waals surface area contributed by atoms with E-state index in [0.717, 1.165) is 0 Å². The predicted molar refractivity (Wildman–Crippen MR) is 48.5 cm³/mol. The first kappa shape index (κ1) is 10.8. The lowest BCUT2D eigenvalue weighted by molar-refractivity contribution is 0.544. The Morgan fingerprint density at radius 1 is 1.29 bits per heavy atom. The summed E-state index contributed by atoms with van der Waals surface area (Å²) in [5.41, 5.74) is 4.93. The fraction of sp³-hybridized carbons (Fsp3) is 0.333. The van der Waals surface area contributed by atoms with E-state index >= 15 is 0 Å². The van der Waals surface area contributed by atoms with Gasteiger partial charge in [-0.2, -0.15) is 0 Å². The Balaban J connectivity index is 2.96. The molecule has 0 heterocycles. The second kappa shape index (κ2) is 4.32. The number of hydrogen-bond donors (Lipinski definition) is 2. The molecule has 0 aromatic heterocycles. The fourth-order valence-corrected chi connectivity index (χ4v) is 0.985. The number of anilines is 1. The van der Waals surface area contributed by atoms with Gasteiger partial charge in [-0.25, -0.2) is 13.2 Å². The van der Waals surface area contributed by atoms with Crippen molar-refractivity contribution in [2.45, 2.75) is 13.0 Å². The van der Waals surface area contributed by atoms with Crippen LogP contribution >= 0.6 is 0 Å². The third-order valence-corrected chi connectivity index (χ3v) is 1.75. The van der Waals surface area contributed by atoms with E-state index in [9.17, 15) is 13.2 Å². The van der Waals surface area contributed by atoms with Gasteiger partial charge in [0.25, 0.3) is 0 Å². The normalized spacial score (nSPS) is 12.6. The molecule has 0 fully saturated rings. The molecule has 1 aromatic rings. The van der Waals surface area contributed by atoms with Gasteiger partial charge in [-0.15, -0.1) is 0 Å². The van der Waals surface area contributed by atoms with Gasteiger partial charge in [0.05, 0.1) is 0 Å². The monoisotopic (exact) mass is 204 g/mol. The van der Waals surface area contributed by atoms with Crippen LogP contribution in [0.3, 0.4) is 0 Å². The minimum absolute atomic E-state index is 0.232. The van der Waals surface area contributed by atoms with Gasteiger partial charge in [-0.3, -0.25) is 0 Å². The van der Waals surface area contributed by atoms with E-state index in [4.69, 9.17) is 5.73 Å². The standard InChI is InChI=1S/C9H11F3N2/c1-5(4-13)14-9-7(11)2-6(10)3-8(9)12/h2-3,5,14H,4,13H2,1H3. The lowest BCUT2D eigenvalue weighted by Gasteiger charge is -2.14. The van der Waals surface area contributed by atoms with Gasteiger partial charge in [0.1, 0.15) is 11.5 Å². The number of nitrogens with one attached hydrogen (secondary N) is 1. The van der Waals surface area contributed by atoms with Gasteiger partial charge in [-0.05, 0) is 6.92 Å². The molecule has 0 saturated carbocycles. The largest absolute Gasteiger partial charge is 0.377 e. The van der Waals surface area contributed by atoms with Crippen LogP contribution in [0.1, 0.15) is 6.92 Å². The number of nitrogens with two attached hydrogens (primary N) is 1. The van der Waals surface area contributed by atoms with E-state index in [2.05, 4.69) is 5.32 Å². The third-order valence-electron chi connectivity index (χ3n) is 1.75. The van der Waals surface area contributed by atoms with Gasteiger partial charge >= 0.3 is 0 Å². The van der Waals surface area contributed by atoms with E-state index in [0.29, 0.717) is 12.1 Å². The van der Waals surface area contributed by atoms with Crippen LogP contribution in [0.15, 0.2) is 12.1 Å². The summed E-state index contributed by atoms with van der Waals surface area (Å²) in [4.78, 5) is 0. The molecule has 78 valence electrons. The van der Waals surface area contributed by atoms with E-state index < -0.39 is 17.5 Å². The van der Waals surface area contributed by atoms with E-state index in [-0.39, 0.29) is 18.3 Å². The van der Waals surface area contributed by atoms with Crippen molar-refractivity contribution in [1.29, 1.82) is 0 Å². The van der Waals surface area contributed by atoms with Gasteiger partial charge < -0.3 is 11.1 Å². The Labute approximate surface area is 79.9 Å². The average Bonchev–Trinajstić information content (AvgIpc) is 2.10. The molecule has 1 unspecified atom stereocenters. The third kappa shape index (κ3) is 2.38. The maximum atomic E-state index is 13.0. The van der Waals surface area contributed by atoms with Crippen molar-refractivity contribution in [2.75, 3.05) is 11.9 Å². The molecule has 0 radical (unpaired) electrons. The maximum Gasteiger partial charge on any atom is 0.152 e. The van der Waals surface area contributed by atoms with Gasteiger partial charge in [-0.1, -0.05) is 0 Å². The highest BCUT2D eigenvalue weighted by Crippen LogP contribution is 2.20. The Morgan fingerprint density at radius 3 is 2.21 bits per heavy atom. The Bertz CT molecular complexity index is 305. The average molecular weight is 204 g/mol. The van der Waals surface area contributed by atoms with Crippen LogP contribution < -0.4 is 11.1 Å². The lowest BCUT2D eigenvalue weighted by atomic mass is 10.2. The Hall–Kier alpha value is -1.23. The van der Waals surface area contributed by atoms with E-state index in [1.807, 2.05) is 0 Å². The zero-order valence-electron chi connectivity index (χ0n) is 7.65. The molecule has 0 bridgehead atoms. The summed E-state index contributed by atoms with van der Waals surface area (Å²) in [5.74, 6) is -2.85. The summed E-state index contributed by atoms with van der Waals surface area (Å²) in [7, 11) is 0. The second-order valence-electron chi connectivity index (χ2n) is 3.03. The summed E-state index contributed by atoms with van der Waals surface area (Å²) in [5, 5.41) is 2.51. The van der Waals surface area contributed by atoms with Crippen LogP contribution in [0, 0.1) is 17.5 Å². The zero-order chi connectivity index (χ0) is 10.7. The number of rotatable bonds is 3. The smallest absolute Gasteiger partial charge is 0.152 e. The molecule has 1 rings (SSSR count). The van der Waals surface area contributed by atoms with Crippen molar-refractivity contribution in [3.8, 4) is 0 Å². The van der Waals surface area contributed by atoms with Crippen molar-refractivity contribution in [3.05, 3.63) is 29.6 Å². The topological polar surface area (TPSA) is 38.0 Å². The molecular weight excluding hydrogens is 193 g/mol. The molecule has 1 aromatic carbocycles. The quantitative estimate of drug-likeness (QED) is 0.788. The second-order valence-corrected chi connectivity index (χ2v) is 3.03. The summed E-state index contributed by atoms with van der Waals surface area (Å²) in [6.07, 6.45) is 0. The highest BCUT2D eigenvalue weighted by Gasteiger charge is 2.12. The van der Waals surface area contributed by atoms with Crippen molar-refractivity contribution in [1.82, 2.24) is 0 Å². The van der Waals surface area contributed by atoms with Crippen LogP contribution in [-0.4, -0.2) is 12.6 Å². The first-order valence-corrected chi connectivity index (χ1v) is 4.15. The minimum Gasteiger partial charge on any atom is -0.377 e. The molecule has 0 aliphatic heterocycles. The van der Waals surface area contributed by atoms with E-state index in [1.54, 1.807) is 6.92 Å². The van der Waals surface area contributed by atoms with Crippen LogP contribution in [0.5, 0.6) is 0 Å².